The fraction of sp³-hybridized carbons (Fsp3) is 0.273. The number of nitrogens with zero attached hydrogens (tertiary/aromatic N) is 3. The number of amides is 2. The molecule has 0 aliphatic rings. The lowest BCUT2D eigenvalue weighted by Gasteiger charge is -2.34. The molecule has 1 N–H and O–H groups in total. The molecule has 156 valence electrons. The van der Waals surface area contributed by atoms with Crippen molar-refractivity contribution in [3.05, 3.63) is 77.1 Å². The molecule has 0 saturated carbocycles. The molecule has 0 bridgehead atoms. The lowest BCUT2D eigenvalue weighted by atomic mass is 9.97. The molecule has 0 radical (unpaired) electrons. The normalized spacial score (nSPS) is 12.3. The molecule has 0 fully saturated rings. The molecular weight excluding hydrogens is 403 g/mol. The second kappa shape index (κ2) is 9.13. The highest BCUT2D eigenvalue weighted by atomic mass is 32.1. The summed E-state index contributed by atoms with van der Waals surface area (Å²) in [6, 6.07) is 13.4. The van der Waals surface area contributed by atoms with E-state index in [9.17, 15) is 14.0 Å². The Labute approximate surface area is 178 Å². The molecule has 0 saturated heterocycles. The number of nitrogens with one attached hydrogen (secondary N) is 1. The molecule has 8 heteroatoms. The van der Waals surface area contributed by atoms with Gasteiger partial charge in [-0.15, -0.1) is 5.10 Å². The maximum absolute atomic E-state index is 14.9. The van der Waals surface area contributed by atoms with Gasteiger partial charge < -0.3 is 5.32 Å². The quantitative estimate of drug-likeness (QED) is 0.609. The first-order valence-electron chi connectivity index (χ1n) is 9.56. The van der Waals surface area contributed by atoms with Crippen molar-refractivity contribution in [2.75, 3.05) is 4.90 Å². The third-order valence-electron chi connectivity index (χ3n) is 4.88. The minimum absolute atomic E-state index is 0.0905. The SMILES string of the molecule is CCC(C)(C)NC(=O)[C@@H](c1ccccc1F)N(C(=O)c1csnn1)c1ccccc1. The number of halogens is 1. The van der Waals surface area contributed by atoms with Gasteiger partial charge in [-0.1, -0.05) is 47.8 Å². The van der Waals surface area contributed by atoms with E-state index in [1.54, 1.807) is 42.5 Å². The van der Waals surface area contributed by atoms with Crippen LogP contribution in [0.5, 0.6) is 0 Å². The Morgan fingerprint density at radius 1 is 1.13 bits per heavy atom. The van der Waals surface area contributed by atoms with Gasteiger partial charge in [-0.2, -0.15) is 0 Å². The van der Waals surface area contributed by atoms with Crippen LogP contribution in [-0.2, 0) is 4.79 Å². The molecule has 2 amide bonds. The van der Waals surface area contributed by atoms with Crippen LogP contribution in [0.3, 0.4) is 0 Å². The summed E-state index contributed by atoms with van der Waals surface area (Å²) in [5.41, 5.74) is 0.108. The zero-order valence-electron chi connectivity index (χ0n) is 17.0. The smallest absolute Gasteiger partial charge is 0.280 e. The zero-order valence-corrected chi connectivity index (χ0v) is 17.8. The number of rotatable bonds is 7. The fourth-order valence-electron chi connectivity index (χ4n) is 2.94. The molecular formula is C22H23FN4O2S. The Morgan fingerprint density at radius 3 is 2.40 bits per heavy atom. The van der Waals surface area contributed by atoms with Crippen molar-refractivity contribution in [1.29, 1.82) is 0 Å². The van der Waals surface area contributed by atoms with E-state index in [1.807, 2.05) is 20.8 Å². The Kier molecular flexibility index (Phi) is 6.56. The minimum Gasteiger partial charge on any atom is -0.349 e. The molecule has 1 aromatic heterocycles. The van der Waals surface area contributed by atoms with Crippen molar-refractivity contribution in [2.24, 2.45) is 0 Å². The first-order chi connectivity index (χ1) is 14.3. The molecule has 0 aliphatic heterocycles. The first kappa shape index (κ1) is 21.6. The second-order valence-electron chi connectivity index (χ2n) is 7.45. The highest BCUT2D eigenvalue weighted by molar-refractivity contribution is 7.03. The number of anilines is 1. The van der Waals surface area contributed by atoms with Gasteiger partial charge in [0.05, 0.1) is 0 Å². The molecule has 1 heterocycles. The maximum Gasteiger partial charge on any atom is 0.280 e. The molecule has 6 nitrogen and oxygen atoms in total. The Morgan fingerprint density at radius 2 is 1.80 bits per heavy atom. The van der Waals surface area contributed by atoms with Crippen LogP contribution in [0.4, 0.5) is 10.1 Å². The number of para-hydroxylation sites is 1. The largest absolute Gasteiger partial charge is 0.349 e. The van der Waals surface area contributed by atoms with Crippen molar-refractivity contribution in [3.63, 3.8) is 0 Å². The van der Waals surface area contributed by atoms with E-state index < -0.39 is 29.2 Å². The summed E-state index contributed by atoms with van der Waals surface area (Å²) in [6.07, 6.45) is 0.665. The third kappa shape index (κ3) is 4.71. The summed E-state index contributed by atoms with van der Waals surface area (Å²) in [7, 11) is 0. The van der Waals surface area contributed by atoms with Gasteiger partial charge in [-0.25, -0.2) is 4.39 Å². The zero-order chi connectivity index (χ0) is 21.7. The van der Waals surface area contributed by atoms with E-state index in [4.69, 9.17) is 0 Å². The summed E-state index contributed by atoms with van der Waals surface area (Å²) in [4.78, 5) is 28.1. The highest BCUT2D eigenvalue weighted by Gasteiger charge is 2.37. The molecule has 1 atom stereocenters. The van der Waals surface area contributed by atoms with Gasteiger partial charge in [0.15, 0.2) is 5.69 Å². The minimum atomic E-state index is -1.23. The van der Waals surface area contributed by atoms with Gasteiger partial charge in [0.25, 0.3) is 5.91 Å². The Hall–Kier alpha value is -3.13. The molecule has 2 aromatic carbocycles. The summed E-state index contributed by atoms with van der Waals surface area (Å²) in [6.45, 7) is 5.70. The Balaban J connectivity index is 2.17. The van der Waals surface area contributed by atoms with E-state index in [0.29, 0.717) is 12.1 Å². The predicted molar refractivity (Wildman–Crippen MR) is 115 cm³/mol. The van der Waals surface area contributed by atoms with Crippen LogP contribution in [0.25, 0.3) is 0 Å². The van der Waals surface area contributed by atoms with E-state index in [-0.39, 0.29) is 11.3 Å². The van der Waals surface area contributed by atoms with E-state index in [2.05, 4.69) is 14.9 Å². The van der Waals surface area contributed by atoms with Gasteiger partial charge in [-0.3, -0.25) is 14.5 Å². The van der Waals surface area contributed by atoms with Crippen LogP contribution in [0.2, 0.25) is 0 Å². The van der Waals surface area contributed by atoms with Gasteiger partial charge in [0.1, 0.15) is 11.9 Å². The molecule has 3 rings (SSSR count). The lowest BCUT2D eigenvalue weighted by molar-refractivity contribution is -0.124. The number of carbonyl (C=O) groups is 2. The number of hydrogen-bond donors (Lipinski definition) is 1. The molecule has 3 aromatic rings. The van der Waals surface area contributed by atoms with E-state index in [1.165, 1.54) is 22.4 Å². The first-order valence-corrected chi connectivity index (χ1v) is 10.4. The monoisotopic (exact) mass is 426 g/mol. The maximum atomic E-state index is 14.9. The molecule has 0 unspecified atom stereocenters. The van der Waals surface area contributed by atoms with Crippen LogP contribution in [0, 0.1) is 5.82 Å². The fourth-order valence-corrected chi connectivity index (χ4v) is 3.37. The number of hydrogen-bond acceptors (Lipinski definition) is 5. The second-order valence-corrected chi connectivity index (χ2v) is 8.06. The third-order valence-corrected chi connectivity index (χ3v) is 5.39. The Bertz CT molecular complexity index is 1010. The van der Waals surface area contributed by atoms with Gasteiger partial charge >= 0.3 is 0 Å². The van der Waals surface area contributed by atoms with Crippen LogP contribution in [-0.4, -0.2) is 26.9 Å². The van der Waals surface area contributed by atoms with E-state index in [0.717, 1.165) is 11.5 Å². The van der Waals surface area contributed by atoms with Crippen molar-refractivity contribution in [2.45, 2.75) is 38.8 Å². The van der Waals surface area contributed by atoms with E-state index >= 15 is 0 Å². The summed E-state index contributed by atoms with van der Waals surface area (Å²) in [5.74, 6) is -1.59. The molecule has 30 heavy (non-hydrogen) atoms. The highest BCUT2D eigenvalue weighted by Crippen LogP contribution is 2.31. The van der Waals surface area contributed by atoms with Gasteiger partial charge in [0, 0.05) is 22.2 Å². The number of aromatic nitrogens is 2. The number of benzene rings is 2. The molecule has 0 spiro atoms. The van der Waals surface area contributed by atoms with Crippen LogP contribution in [0.15, 0.2) is 60.0 Å². The summed E-state index contributed by atoms with van der Waals surface area (Å²) in [5, 5.41) is 8.32. The summed E-state index contributed by atoms with van der Waals surface area (Å²) >= 11 is 1.03. The van der Waals surface area contributed by atoms with Crippen LogP contribution >= 0.6 is 11.5 Å². The standard InChI is InChI=1S/C22H23FN4O2S/c1-4-22(2,3)24-20(28)19(16-12-8-9-13-17(16)23)27(15-10-6-5-7-11-15)21(29)18-14-30-26-25-18/h5-14,19H,4H2,1-3H3,(H,24,28)/t19-/m1/s1. The van der Waals surface area contributed by atoms with Crippen molar-refractivity contribution in [3.8, 4) is 0 Å². The van der Waals surface area contributed by atoms with Crippen LogP contribution < -0.4 is 10.2 Å². The predicted octanol–water partition coefficient (Wildman–Crippen LogP) is 4.37. The van der Waals surface area contributed by atoms with Crippen molar-refractivity contribution in [1.82, 2.24) is 14.9 Å². The topological polar surface area (TPSA) is 75.2 Å². The van der Waals surface area contributed by atoms with Gasteiger partial charge in [0.2, 0.25) is 5.91 Å². The number of carbonyl (C=O) groups excluding carboxylic acids is 2. The van der Waals surface area contributed by atoms with Crippen molar-refractivity contribution < 1.29 is 14.0 Å². The van der Waals surface area contributed by atoms with Crippen LogP contribution in [0.1, 0.15) is 49.3 Å². The molecule has 0 aliphatic carbocycles. The van der Waals surface area contributed by atoms with Crippen molar-refractivity contribution >= 4 is 29.0 Å². The average Bonchev–Trinajstić information content (AvgIpc) is 3.27. The average molecular weight is 427 g/mol. The van der Waals surface area contributed by atoms with Gasteiger partial charge in [-0.05, 0) is 50.0 Å². The summed E-state index contributed by atoms with van der Waals surface area (Å²) < 4.78 is 18.6. The lowest BCUT2D eigenvalue weighted by Crippen LogP contribution is -2.50.